The van der Waals surface area contributed by atoms with Gasteiger partial charge in [-0.05, 0) is 75.8 Å². The molecule has 2 aromatic heterocycles. The number of likely N-dealkylation sites (N-methyl/N-ethyl adjacent to an activating group) is 2. The molecule has 2 amide bonds. The van der Waals surface area contributed by atoms with Crippen molar-refractivity contribution in [2.24, 2.45) is 0 Å². The summed E-state index contributed by atoms with van der Waals surface area (Å²) in [5.74, 6) is -0.633. The molecule has 3 heterocycles. The number of carbonyl (C=O) groups excluding carboxylic acids is 2. The first-order valence-electron chi connectivity index (χ1n) is 11.2. The van der Waals surface area contributed by atoms with Crippen LogP contribution in [0.5, 0.6) is 0 Å². The number of amides is 2. The number of carbonyl (C=O) groups is 2. The summed E-state index contributed by atoms with van der Waals surface area (Å²) in [5, 5.41) is 0.288. The number of hydrogen-bond donors (Lipinski definition) is 0. The highest BCUT2D eigenvalue weighted by molar-refractivity contribution is 7.80. The predicted molar refractivity (Wildman–Crippen MR) is 144 cm³/mol. The summed E-state index contributed by atoms with van der Waals surface area (Å²) in [6.07, 6.45) is 1.72. The molecule has 1 saturated heterocycles. The molecule has 0 spiro atoms. The average molecular weight is 498 g/mol. The summed E-state index contributed by atoms with van der Waals surface area (Å²) in [4.78, 5) is 33.2. The third-order valence-corrected chi connectivity index (χ3v) is 8.57. The number of rotatable bonds is 7. The fourth-order valence-corrected chi connectivity index (χ4v) is 6.80. The molecule has 0 saturated carbocycles. The molecular weight excluding hydrogens is 470 g/mol. The van der Waals surface area contributed by atoms with Crippen LogP contribution < -0.4 is 4.90 Å². The maximum Gasteiger partial charge on any atom is 0.265 e. The summed E-state index contributed by atoms with van der Waals surface area (Å²) in [7, 11) is 0. The van der Waals surface area contributed by atoms with E-state index in [9.17, 15) is 9.59 Å². The second-order valence-corrected chi connectivity index (χ2v) is 10.2. The number of benzene rings is 1. The van der Waals surface area contributed by atoms with Crippen molar-refractivity contribution in [3.63, 3.8) is 0 Å². The van der Waals surface area contributed by atoms with E-state index in [0.29, 0.717) is 13.1 Å². The van der Waals surface area contributed by atoms with Gasteiger partial charge < -0.3 is 4.90 Å². The van der Waals surface area contributed by atoms with E-state index in [1.165, 1.54) is 25.9 Å². The molecule has 0 atom stereocenters. The Labute approximate surface area is 207 Å². The highest BCUT2D eigenvalue weighted by Crippen LogP contribution is 2.39. The molecule has 172 valence electrons. The van der Waals surface area contributed by atoms with Crippen molar-refractivity contribution >= 4 is 73.0 Å². The number of fused-ring (bicyclic) bond motifs is 1. The van der Waals surface area contributed by atoms with Crippen molar-refractivity contribution in [1.82, 2.24) is 9.80 Å². The van der Waals surface area contributed by atoms with Crippen LogP contribution >= 0.6 is 34.9 Å². The lowest BCUT2D eigenvalue weighted by atomic mass is 10.1. The third kappa shape index (κ3) is 4.35. The predicted octanol–water partition coefficient (Wildman–Crippen LogP) is 5.85. The van der Waals surface area contributed by atoms with Crippen LogP contribution in [0.4, 0.5) is 5.69 Å². The van der Waals surface area contributed by atoms with E-state index in [2.05, 4.69) is 55.1 Å². The van der Waals surface area contributed by atoms with Gasteiger partial charge in [0.15, 0.2) is 5.11 Å². The van der Waals surface area contributed by atoms with Crippen molar-refractivity contribution in [2.45, 2.75) is 27.7 Å². The SMILES string of the molecule is CCN1C(=O)C(=Cc2cc3sc(-c4ccc(N(CC)CC)cc4)cc3s2)C(=O)N(CC)C1=S. The number of anilines is 1. The minimum Gasteiger partial charge on any atom is -0.372 e. The van der Waals surface area contributed by atoms with E-state index in [0.717, 1.165) is 27.4 Å². The standard InChI is InChI=1S/C25H27N3O2S3/c1-5-26(6-2)17-11-9-16(10-12-17)20-15-22-21(33-20)14-18(32-22)13-19-23(29)27(7-3)25(31)28(8-4)24(19)30/h9-15H,5-8H2,1-4H3. The lowest BCUT2D eigenvalue weighted by Gasteiger charge is -2.35. The fraction of sp³-hybridized carbons (Fsp3) is 0.320. The van der Waals surface area contributed by atoms with Crippen LogP contribution in [0.3, 0.4) is 0 Å². The zero-order valence-electron chi connectivity index (χ0n) is 19.3. The maximum absolute atomic E-state index is 12.9. The molecule has 8 heteroatoms. The fourth-order valence-electron chi connectivity index (χ4n) is 4.02. The van der Waals surface area contributed by atoms with E-state index in [4.69, 9.17) is 12.2 Å². The van der Waals surface area contributed by atoms with Gasteiger partial charge in [-0.25, -0.2) is 0 Å². The van der Waals surface area contributed by atoms with Gasteiger partial charge in [-0.2, -0.15) is 0 Å². The van der Waals surface area contributed by atoms with Gasteiger partial charge in [-0.15, -0.1) is 22.7 Å². The van der Waals surface area contributed by atoms with Crippen LogP contribution in [0, 0.1) is 0 Å². The van der Waals surface area contributed by atoms with Crippen LogP contribution in [-0.2, 0) is 9.59 Å². The Hall–Kier alpha value is -2.55. The smallest absolute Gasteiger partial charge is 0.265 e. The monoisotopic (exact) mass is 497 g/mol. The van der Waals surface area contributed by atoms with Crippen LogP contribution in [0.1, 0.15) is 32.6 Å². The molecule has 1 fully saturated rings. The quantitative estimate of drug-likeness (QED) is 0.233. The molecule has 33 heavy (non-hydrogen) atoms. The van der Waals surface area contributed by atoms with E-state index >= 15 is 0 Å². The Bertz CT molecular complexity index is 1180. The molecular formula is C25H27N3O2S3. The van der Waals surface area contributed by atoms with Crippen molar-refractivity contribution in [3.05, 3.63) is 46.8 Å². The topological polar surface area (TPSA) is 43.9 Å². The van der Waals surface area contributed by atoms with Crippen molar-refractivity contribution in [2.75, 3.05) is 31.1 Å². The zero-order valence-corrected chi connectivity index (χ0v) is 21.7. The summed E-state index contributed by atoms with van der Waals surface area (Å²) in [6, 6.07) is 13.0. The molecule has 4 rings (SSSR count). The van der Waals surface area contributed by atoms with E-state index in [1.54, 1.807) is 28.7 Å². The zero-order chi connectivity index (χ0) is 23.7. The number of thiophene rings is 2. The minimum absolute atomic E-state index is 0.174. The van der Waals surface area contributed by atoms with Crippen LogP contribution in [0.15, 0.2) is 42.0 Å². The molecule has 1 aromatic carbocycles. The summed E-state index contributed by atoms with van der Waals surface area (Å²) in [6.45, 7) is 10.9. The first-order chi connectivity index (χ1) is 15.9. The van der Waals surface area contributed by atoms with Gasteiger partial charge in [-0.3, -0.25) is 19.4 Å². The molecule has 1 aliphatic heterocycles. The Kier molecular flexibility index (Phi) is 6.97. The van der Waals surface area contributed by atoms with Crippen LogP contribution in [0.2, 0.25) is 0 Å². The van der Waals surface area contributed by atoms with E-state index < -0.39 is 0 Å². The number of hydrogen-bond acceptors (Lipinski definition) is 6. The summed E-state index contributed by atoms with van der Waals surface area (Å²) >= 11 is 8.66. The average Bonchev–Trinajstić information content (AvgIpc) is 3.37. The number of nitrogens with zero attached hydrogens (tertiary/aromatic N) is 3. The van der Waals surface area contributed by atoms with Gasteiger partial charge in [0, 0.05) is 51.0 Å². The highest BCUT2D eigenvalue weighted by Gasteiger charge is 2.37. The van der Waals surface area contributed by atoms with Gasteiger partial charge in [-0.1, -0.05) is 12.1 Å². The third-order valence-electron chi connectivity index (χ3n) is 5.84. The molecule has 0 radical (unpaired) electrons. The summed E-state index contributed by atoms with van der Waals surface area (Å²) in [5.41, 5.74) is 2.61. The van der Waals surface area contributed by atoms with Gasteiger partial charge in [0.25, 0.3) is 11.8 Å². The molecule has 0 aliphatic carbocycles. The Morgan fingerprint density at radius 3 is 1.97 bits per heavy atom. The van der Waals surface area contributed by atoms with Gasteiger partial charge in [0.1, 0.15) is 5.57 Å². The van der Waals surface area contributed by atoms with Gasteiger partial charge in [0.05, 0.1) is 0 Å². The molecule has 0 unspecified atom stereocenters. The van der Waals surface area contributed by atoms with Crippen molar-refractivity contribution < 1.29 is 9.59 Å². The maximum atomic E-state index is 12.9. The minimum atomic E-state index is -0.317. The van der Waals surface area contributed by atoms with Crippen LogP contribution in [0.25, 0.3) is 25.9 Å². The molecule has 5 nitrogen and oxygen atoms in total. The molecule has 0 bridgehead atoms. The highest BCUT2D eigenvalue weighted by atomic mass is 32.1. The Balaban J connectivity index is 1.62. The second kappa shape index (κ2) is 9.75. The van der Waals surface area contributed by atoms with Crippen molar-refractivity contribution in [1.29, 1.82) is 0 Å². The molecule has 0 N–H and O–H groups in total. The normalized spacial score (nSPS) is 14.5. The Morgan fingerprint density at radius 1 is 0.879 bits per heavy atom. The van der Waals surface area contributed by atoms with Crippen LogP contribution in [-0.4, -0.2) is 52.9 Å². The first-order valence-corrected chi connectivity index (χ1v) is 13.2. The second-order valence-electron chi connectivity index (χ2n) is 7.65. The van der Waals surface area contributed by atoms with Crippen molar-refractivity contribution in [3.8, 4) is 10.4 Å². The van der Waals surface area contributed by atoms with Gasteiger partial charge in [0.2, 0.25) is 0 Å². The molecule has 3 aromatic rings. The number of thiocarbonyl (C=S) groups is 1. The summed E-state index contributed by atoms with van der Waals surface area (Å²) < 4.78 is 2.31. The molecule has 1 aliphatic rings. The van der Waals surface area contributed by atoms with Gasteiger partial charge >= 0.3 is 0 Å². The largest absolute Gasteiger partial charge is 0.372 e. The lowest BCUT2D eigenvalue weighted by molar-refractivity contribution is -0.133. The van der Waals surface area contributed by atoms with E-state index in [-0.39, 0.29) is 22.5 Å². The lowest BCUT2D eigenvalue weighted by Crippen LogP contribution is -2.55. The Morgan fingerprint density at radius 2 is 1.45 bits per heavy atom. The first kappa shape index (κ1) is 23.6. The van der Waals surface area contributed by atoms with E-state index in [1.807, 2.05) is 13.8 Å².